The Morgan fingerprint density at radius 2 is 0.741 bits per heavy atom. The van der Waals surface area contributed by atoms with Gasteiger partial charge in [-0.3, -0.25) is 14.4 Å². The van der Waals surface area contributed by atoms with Gasteiger partial charge in [-0.25, -0.2) is 0 Å². The van der Waals surface area contributed by atoms with E-state index in [0.717, 1.165) is 109 Å². The van der Waals surface area contributed by atoms with Crippen LogP contribution in [-0.2, 0) is 28.6 Å². The third kappa shape index (κ3) is 43.5. The molecule has 0 radical (unpaired) electrons. The number of carbonyl (C=O) groups is 3. The van der Waals surface area contributed by atoms with E-state index in [1.54, 1.807) is 0 Å². The van der Waals surface area contributed by atoms with Crippen molar-refractivity contribution in [1.29, 1.82) is 0 Å². The summed E-state index contributed by atoms with van der Waals surface area (Å²) in [5, 5.41) is 0. The first kappa shape index (κ1) is 54.3. The van der Waals surface area contributed by atoms with Crippen LogP contribution < -0.4 is 0 Å². The molecule has 0 heterocycles. The Hall–Kier alpha value is -3.67. The Morgan fingerprint density at radius 1 is 0.362 bits per heavy atom. The highest BCUT2D eigenvalue weighted by molar-refractivity contribution is 5.71. The van der Waals surface area contributed by atoms with Crippen LogP contribution >= 0.6 is 0 Å². The average molecular weight is 805 g/mol. The predicted octanol–water partition coefficient (Wildman–Crippen LogP) is 15.0. The molecule has 0 aromatic heterocycles. The largest absolute Gasteiger partial charge is 0.462 e. The van der Waals surface area contributed by atoms with Crippen LogP contribution in [0.15, 0.2) is 97.2 Å². The molecular formula is C52H84O6. The van der Waals surface area contributed by atoms with Gasteiger partial charge in [-0.1, -0.05) is 189 Å². The summed E-state index contributed by atoms with van der Waals surface area (Å²) in [7, 11) is 0. The minimum Gasteiger partial charge on any atom is -0.462 e. The summed E-state index contributed by atoms with van der Waals surface area (Å²) in [5.74, 6) is -1.02. The molecule has 0 aliphatic carbocycles. The van der Waals surface area contributed by atoms with E-state index in [0.29, 0.717) is 19.3 Å². The van der Waals surface area contributed by atoms with E-state index in [1.165, 1.54) is 38.5 Å². The van der Waals surface area contributed by atoms with Crippen molar-refractivity contribution in [3.8, 4) is 0 Å². The van der Waals surface area contributed by atoms with Crippen molar-refractivity contribution in [3.05, 3.63) is 97.2 Å². The molecule has 6 nitrogen and oxygen atoms in total. The molecule has 0 amide bonds. The Balaban J connectivity index is 4.48. The molecule has 6 heteroatoms. The number of unbranched alkanes of at least 4 members (excludes halogenated alkanes) is 13. The first-order valence-electron chi connectivity index (χ1n) is 23.2. The van der Waals surface area contributed by atoms with Crippen molar-refractivity contribution in [2.75, 3.05) is 13.2 Å². The summed E-state index contributed by atoms with van der Waals surface area (Å²) in [5.41, 5.74) is 0. The highest BCUT2D eigenvalue weighted by Crippen LogP contribution is 2.12. The van der Waals surface area contributed by atoms with Crippen molar-refractivity contribution in [2.45, 2.75) is 200 Å². The normalized spacial score (nSPS) is 12.9. The van der Waals surface area contributed by atoms with Crippen molar-refractivity contribution in [3.63, 3.8) is 0 Å². The van der Waals surface area contributed by atoms with Gasteiger partial charge in [0.2, 0.25) is 0 Å². The molecule has 0 aliphatic rings. The lowest BCUT2D eigenvalue weighted by Crippen LogP contribution is -2.30. The van der Waals surface area contributed by atoms with Gasteiger partial charge < -0.3 is 14.2 Å². The second-order valence-corrected chi connectivity index (χ2v) is 14.9. The summed E-state index contributed by atoms with van der Waals surface area (Å²) < 4.78 is 16.6. The van der Waals surface area contributed by atoms with Crippen molar-refractivity contribution in [1.82, 2.24) is 0 Å². The van der Waals surface area contributed by atoms with Crippen LogP contribution in [0.4, 0.5) is 0 Å². The summed E-state index contributed by atoms with van der Waals surface area (Å²) in [6.45, 7) is 6.32. The van der Waals surface area contributed by atoms with Crippen LogP contribution in [0.3, 0.4) is 0 Å². The highest BCUT2D eigenvalue weighted by Gasteiger charge is 2.19. The van der Waals surface area contributed by atoms with Gasteiger partial charge in [-0.05, 0) is 83.5 Å². The minimum atomic E-state index is -0.812. The molecule has 0 fully saturated rings. The second-order valence-electron chi connectivity index (χ2n) is 14.9. The van der Waals surface area contributed by atoms with Gasteiger partial charge in [0.05, 0.1) is 0 Å². The average Bonchev–Trinajstić information content (AvgIpc) is 3.22. The molecule has 0 saturated heterocycles. The lowest BCUT2D eigenvalue weighted by atomic mass is 10.1. The van der Waals surface area contributed by atoms with E-state index in [-0.39, 0.29) is 37.5 Å². The molecule has 0 saturated carbocycles. The molecule has 0 aromatic rings. The molecule has 0 aromatic carbocycles. The fourth-order valence-electron chi connectivity index (χ4n) is 5.86. The molecule has 0 aliphatic heterocycles. The molecule has 0 rings (SSSR count). The maximum absolute atomic E-state index is 12.7. The van der Waals surface area contributed by atoms with Gasteiger partial charge in [-0.2, -0.15) is 0 Å². The third-order valence-electron chi connectivity index (χ3n) is 9.32. The number of carbonyl (C=O) groups excluding carboxylic acids is 3. The van der Waals surface area contributed by atoms with E-state index < -0.39 is 6.10 Å². The summed E-state index contributed by atoms with van der Waals surface area (Å²) >= 11 is 0. The zero-order valence-corrected chi connectivity index (χ0v) is 37.3. The fraction of sp³-hybridized carbons (Fsp3) is 0.635. The summed E-state index contributed by atoms with van der Waals surface area (Å²) in [6.07, 6.45) is 59.8. The van der Waals surface area contributed by atoms with Crippen LogP contribution in [0.2, 0.25) is 0 Å². The van der Waals surface area contributed by atoms with E-state index in [1.807, 2.05) is 12.2 Å². The van der Waals surface area contributed by atoms with Crippen LogP contribution in [0.5, 0.6) is 0 Å². The van der Waals surface area contributed by atoms with Crippen molar-refractivity contribution < 1.29 is 28.6 Å². The standard InChI is InChI=1S/C52H84O6/c1-4-7-10-13-16-19-21-23-24-25-26-27-28-30-31-33-36-39-42-45-51(54)57-48-49(47-56-50(53)44-41-38-35-18-15-12-9-6-3)58-52(55)46-43-40-37-34-32-29-22-20-17-14-11-8-5-2/h7,10-11,14,16,19-20,22-24,26-27,30-31,36,39,49H,4-6,8-9,12-13,15,17-18,21,25,28-29,32-35,37-38,40-48H2,1-3H3/b10-7-,14-11-,19-16-,22-20-,24-23-,27-26-,31-30-,39-36-. The number of esters is 3. The third-order valence-corrected chi connectivity index (χ3v) is 9.32. The van der Waals surface area contributed by atoms with E-state index in [9.17, 15) is 14.4 Å². The summed E-state index contributed by atoms with van der Waals surface area (Å²) in [6, 6.07) is 0. The Kier molecular flexibility index (Phi) is 43.1. The molecule has 0 bridgehead atoms. The van der Waals surface area contributed by atoms with Crippen LogP contribution in [0.25, 0.3) is 0 Å². The van der Waals surface area contributed by atoms with E-state index >= 15 is 0 Å². The van der Waals surface area contributed by atoms with Gasteiger partial charge in [0, 0.05) is 19.3 Å². The van der Waals surface area contributed by atoms with Crippen LogP contribution in [0.1, 0.15) is 194 Å². The molecule has 1 atom stereocenters. The molecule has 0 N–H and O–H groups in total. The number of ether oxygens (including phenoxy) is 3. The molecule has 328 valence electrons. The quantitative estimate of drug-likeness (QED) is 0.0266. The van der Waals surface area contributed by atoms with Crippen molar-refractivity contribution >= 4 is 17.9 Å². The zero-order chi connectivity index (χ0) is 42.3. The Bertz CT molecular complexity index is 1200. The first-order chi connectivity index (χ1) is 28.5. The minimum absolute atomic E-state index is 0.107. The number of rotatable bonds is 40. The van der Waals surface area contributed by atoms with Gasteiger partial charge in [-0.15, -0.1) is 0 Å². The van der Waals surface area contributed by atoms with Gasteiger partial charge in [0.15, 0.2) is 6.10 Å². The summed E-state index contributed by atoms with van der Waals surface area (Å²) in [4.78, 5) is 37.7. The monoisotopic (exact) mass is 805 g/mol. The van der Waals surface area contributed by atoms with E-state index in [4.69, 9.17) is 14.2 Å². The van der Waals surface area contributed by atoms with Gasteiger partial charge in [0.25, 0.3) is 0 Å². The number of hydrogen-bond donors (Lipinski definition) is 0. The Morgan fingerprint density at radius 3 is 1.22 bits per heavy atom. The Labute approximate surface area is 356 Å². The van der Waals surface area contributed by atoms with Crippen molar-refractivity contribution in [2.24, 2.45) is 0 Å². The van der Waals surface area contributed by atoms with Crippen LogP contribution in [0, 0.1) is 0 Å². The zero-order valence-electron chi connectivity index (χ0n) is 37.3. The lowest BCUT2D eigenvalue weighted by Gasteiger charge is -2.18. The highest BCUT2D eigenvalue weighted by atomic mass is 16.6. The number of hydrogen-bond acceptors (Lipinski definition) is 6. The smallest absolute Gasteiger partial charge is 0.306 e. The molecular weight excluding hydrogens is 721 g/mol. The lowest BCUT2D eigenvalue weighted by molar-refractivity contribution is -0.166. The molecule has 58 heavy (non-hydrogen) atoms. The topological polar surface area (TPSA) is 78.9 Å². The van der Waals surface area contributed by atoms with E-state index in [2.05, 4.69) is 106 Å². The molecule has 1 unspecified atom stereocenters. The van der Waals surface area contributed by atoms with Gasteiger partial charge in [0.1, 0.15) is 13.2 Å². The predicted molar refractivity (Wildman–Crippen MR) is 247 cm³/mol. The first-order valence-corrected chi connectivity index (χ1v) is 23.2. The maximum Gasteiger partial charge on any atom is 0.306 e. The number of allylic oxidation sites excluding steroid dienone is 16. The van der Waals surface area contributed by atoms with Gasteiger partial charge >= 0.3 is 17.9 Å². The SMILES string of the molecule is CC/C=C\C/C=C\C/C=C\C/C=C\C/C=C\C/C=C\CCC(=O)OCC(COC(=O)CCCCCCCCCC)OC(=O)CCCCCCC/C=C\C/C=C\CCC. The molecule has 0 spiro atoms. The fourth-order valence-corrected chi connectivity index (χ4v) is 5.86. The second kappa shape index (κ2) is 46.0. The van der Waals surface area contributed by atoms with Crippen LogP contribution in [-0.4, -0.2) is 37.2 Å². The maximum atomic E-state index is 12.7.